The van der Waals surface area contributed by atoms with Crippen LogP contribution in [0.3, 0.4) is 0 Å². The monoisotopic (exact) mass is 213 g/mol. The normalized spacial score (nSPS) is 11.6. The lowest BCUT2D eigenvalue weighted by Crippen LogP contribution is -2.10. The van der Waals surface area contributed by atoms with Gasteiger partial charge in [-0.15, -0.1) is 0 Å². The maximum Gasteiger partial charge on any atom is 0.195 e. The van der Waals surface area contributed by atoms with E-state index in [2.05, 4.69) is 42.5 Å². The third-order valence-electron chi connectivity index (χ3n) is 2.60. The molecule has 80 valence electrons. The predicted octanol–water partition coefficient (Wildman–Crippen LogP) is 3.43. The summed E-state index contributed by atoms with van der Waals surface area (Å²) in [4.78, 5) is 0. The summed E-state index contributed by atoms with van der Waals surface area (Å²) in [5, 5.41) is 7.21. The van der Waals surface area contributed by atoms with Gasteiger partial charge in [-0.25, -0.2) is 0 Å². The fourth-order valence-electron chi connectivity index (χ4n) is 1.76. The molecule has 4 heteroatoms. The van der Waals surface area contributed by atoms with Crippen LogP contribution in [0.25, 0.3) is 0 Å². The van der Waals surface area contributed by atoms with Crippen molar-refractivity contribution in [3.8, 4) is 0 Å². The van der Waals surface area contributed by atoms with E-state index < -0.39 is 0 Å². The first-order chi connectivity index (χ1) is 6.61. The van der Waals surface area contributed by atoms with E-state index in [9.17, 15) is 0 Å². The summed E-state index contributed by atoms with van der Waals surface area (Å²) in [6.07, 6.45) is 2.23. The molecule has 0 aliphatic rings. The van der Waals surface area contributed by atoms with Crippen LogP contribution in [0.5, 0.6) is 0 Å². The summed E-state index contributed by atoms with van der Waals surface area (Å²) in [5.41, 5.74) is 0. The van der Waals surface area contributed by atoms with Crippen LogP contribution in [-0.2, 0) is 0 Å². The van der Waals surface area contributed by atoms with Gasteiger partial charge < -0.3 is 4.57 Å². The Bertz CT molecular complexity index is 333. The lowest BCUT2D eigenvalue weighted by atomic mass is 10.0. The molecule has 0 aliphatic carbocycles. The predicted molar refractivity (Wildman–Crippen MR) is 61.1 cm³/mol. The fourth-order valence-corrected chi connectivity index (χ4v) is 2.11. The molecule has 3 nitrogen and oxygen atoms in total. The Morgan fingerprint density at radius 2 is 1.93 bits per heavy atom. The SMILES string of the molecule is CCC(CC)c1n[nH]c(=S)n1C(C)C. The zero-order chi connectivity index (χ0) is 10.7. The van der Waals surface area contributed by atoms with Crippen LogP contribution in [0, 0.1) is 4.77 Å². The Labute approximate surface area is 90.5 Å². The minimum Gasteiger partial charge on any atom is -0.301 e. The number of hydrogen-bond donors (Lipinski definition) is 1. The Morgan fingerprint density at radius 1 is 1.36 bits per heavy atom. The minimum atomic E-state index is 0.386. The first-order valence-corrected chi connectivity index (χ1v) is 5.69. The second-order valence-corrected chi connectivity index (χ2v) is 4.25. The summed E-state index contributed by atoms with van der Waals surface area (Å²) in [7, 11) is 0. The molecule has 1 N–H and O–H groups in total. The van der Waals surface area contributed by atoms with Gasteiger partial charge in [0, 0.05) is 12.0 Å². The van der Waals surface area contributed by atoms with Crippen molar-refractivity contribution in [1.82, 2.24) is 14.8 Å². The van der Waals surface area contributed by atoms with Gasteiger partial charge in [-0.05, 0) is 38.9 Å². The third kappa shape index (κ3) is 2.05. The van der Waals surface area contributed by atoms with Crippen molar-refractivity contribution in [2.45, 2.75) is 52.5 Å². The quantitative estimate of drug-likeness (QED) is 0.777. The zero-order valence-corrected chi connectivity index (χ0v) is 10.2. The lowest BCUT2D eigenvalue weighted by Gasteiger charge is -2.16. The van der Waals surface area contributed by atoms with Gasteiger partial charge in [0.15, 0.2) is 4.77 Å². The van der Waals surface area contributed by atoms with Gasteiger partial charge in [0.2, 0.25) is 0 Å². The van der Waals surface area contributed by atoms with Gasteiger partial charge in [-0.3, -0.25) is 5.10 Å². The van der Waals surface area contributed by atoms with Crippen LogP contribution < -0.4 is 0 Å². The molecule has 0 saturated heterocycles. The average molecular weight is 213 g/mol. The van der Waals surface area contributed by atoms with E-state index >= 15 is 0 Å². The smallest absolute Gasteiger partial charge is 0.195 e. The van der Waals surface area contributed by atoms with Crippen molar-refractivity contribution in [2.75, 3.05) is 0 Å². The number of H-pyrrole nitrogens is 1. The van der Waals surface area contributed by atoms with E-state index in [1.165, 1.54) is 0 Å². The number of nitrogens with one attached hydrogen (secondary N) is 1. The van der Waals surface area contributed by atoms with Crippen molar-refractivity contribution in [3.05, 3.63) is 10.6 Å². The van der Waals surface area contributed by atoms with Gasteiger partial charge in [0.1, 0.15) is 5.82 Å². The Balaban J connectivity index is 3.14. The molecule has 0 radical (unpaired) electrons. The molecule has 0 bridgehead atoms. The largest absolute Gasteiger partial charge is 0.301 e. The van der Waals surface area contributed by atoms with E-state index in [1.807, 2.05) is 0 Å². The van der Waals surface area contributed by atoms with E-state index in [0.29, 0.717) is 12.0 Å². The van der Waals surface area contributed by atoms with E-state index in [0.717, 1.165) is 23.4 Å². The number of hydrogen-bond acceptors (Lipinski definition) is 2. The molecule has 0 atom stereocenters. The van der Waals surface area contributed by atoms with E-state index in [-0.39, 0.29) is 0 Å². The first kappa shape index (κ1) is 11.4. The Kier molecular flexibility index (Phi) is 3.86. The highest BCUT2D eigenvalue weighted by molar-refractivity contribution is 7.71. The number of aromatic amines is 1. The maximum atomic E-state index is 5.21. The highest BCUT2D eigenvalue weighted by Crippen LogP contribution is 2.23. The number of nitrogens with zero attached hydrogens (tertiary/aromatic N) is 2. The fraction of sp³-hybridized carbons (Fsp3) is 0.800. The van der Waals surface area contributed by atoms with Gasteiger partial charge in [-0.1, -0.05) is 13.8 Å². The summed E-state index contributed by atoms with van der Waals surface area (Å²) in [6.45, 7) is 8.65. The number of aromatic nitrogens is 3. The minimum absolute atomic E-state index is 0.386. The molecule has 0 unspecified atom stereocenters. The van der Waals surface area contributed by atoms with Crippen LogP contribution in [-0.4, -0.2) is 14.8 Å². The van der Waals surface area contributed by atoms with Gasteiger partial charge >= 0.3 is 0 Å². The van der Waals surface area contributed by atoms with Crippen molar-refractivity contribution >= 4 is 12.2 Å². The van der Waals surface area contributed by atoms with Gasteiger partial charge in [0.25, 0.3) is 0 Å². The van der Waals surface area contributed by atoms with Crippen molar-refractivity contribution in [3.63, 3.8) is 0 Å². The second-order valence-electron chi connectivity index (χ2n) is 3.86. The van der Waals surface area contributed by atoms with E-state index in [1.54, 1.807) is 0 Å². The molecule has 0 spiro atoms. The molecular formula is C10H19N3S. The van der Waals surface area contributed by atoms with Crippen LogP contribution in [0.2, 0.25) is 0 Å². The van der Waals surface area contributed by atoms with Crippen molar-refractivity contribution in [2.24, 2.45) is 0 Å². The van der Waals surface area contributed by atoms with Crippen molar-refractivity contribution in [1.29, 1.82) is 0 Å². The molecule has 0 aromatic carbocycles. The average Bonchev–Trinajstić information content (AvgIpc) is 2.50. The topological polar surface area (TPSA) is 33.6 Å². The van der Waals surface area contributed by atoms with Crippen LogP contribution in [0.15, 0.2) is 0 Å². The summed E-state index contributed by atoms with van der Waals surface area (Å²) < 4.78 is 2.86. The molecule has 0 fully saturated rings. The molecule has 0 saturated carbocycles. The molecule has 0 aliphatic heterocycles. The van der Waals surface area contributed by atoms with Gasteiger partial charge in [0.05, 0.1) is 0 Å². The third-order valence-corrected chi connectivity index (χ3v) is 2.89. The zero-order valence-electron chi connectivity index (χ0n) is 9.37. The summed E-state index contributed by atoms with van der Waals surface area (Å²) in [6, 6.07) is 0.386. The molecule has 1 aromatic rings. The highest BCUT2D eigenvalue weighted by atomic mass is 32.1. The molecule has 1 heterocycles. The molecule has 1 rings (SSSR count). The first-order valence-electron chi connectivity index (χ1n) is 5.28. The molecule has 1 aromatic heterocycles. The van der Waals surface area contributed by atoms with Crippen LogP contribution >= 0.6 is 12.2 Å². The molecule has 0 amide bonds. The Hall–Kier alpha value is -0.640. The maximum absolute atomic E-state index is 5.21. The summed E-state index contributed by atoms with van der Waals surface area (Å²) >= 11 is 5.21. The van der Waals surface area contributed by atoms with Crippen LogP contribution in [0.4, 0.5) is 0 Å². The summed E-state index contributed by atoms with van der Waals surface area (Å²) in [5.74, 6) is 1.63. The van der Waals surface area contributed by atoms with Gasteiger partial charge in [-0.2, -0.15) is 5.10 Å². The molecule has 14 heavy (non-hydrogen) atoms. The van der Waals surface area contributed by atoms with Crippen molar-refractivity contribution < 1.29 is 0 Å². The Morgan fingerprint density at radius 3 is 2.36 bits per heavy atom. The van der Waals surface area contributed by atoms with E-state index in [4.69, 9.17) is 12.2 Å². The highest BCUT2D eigenvalue weighted by Gasteiger charge is 2.16. The lowest BCUT2D eigenvalue weighted by molar-refractivity contribution is 0.504. The standard InChI is InChI=1S/C10H19N3S/c1-5-8(6-2)9-11-12-10(14)13(9)7(3)4/h7-8H,5-6H2,1-4H3,(H,12,14). The second kappa shape index (κ2) is 4.73. The van der Waals surface area contributed by atoms with Crippen LogP contribution in [0.1, 0.15) is 58.3 Å². The number of rotatable bonds is 4. The molecular weight excluding hydrogens is 194 g/mol.